The van der Waals surface area contributed by atoms with E-state index in [1.807, 2.05) is 9.47 Å². The number of likely N-dealkylation sites (N-methyl/N-ethyl adjacent to an activating group) is 1. The van der Waals surface area contributed by atoms with Crippen LogP contribution in [0.4, 0.5) is 0 Å². The Morgan fingerprint density at radius 2 is 1.83 bits per heavy atom. The Bertz CT molecular complexity index is 769. The molecule has 3 aliphatic heterocycles. The van der Waals surface area contributed by atoms with Crippen LogP contribution in [0, 0.1) is 0 Å². The zero-order valence-electron chi connectivity index (χ0n) is 17.8. The number of hydrogen-bond acceptors (Lipinski definition) is 5. The van der Waals surface area contributed by atoms with Crippen LogP contribution in [0.25, 0.3) is 0 Å². The summed E-state index contributed by atoms with van der Waals surface area (Å²) < 4.78 is 1.86. The summed E-state index contributed by atoms with van der Waals surface area (Å²) in [6, 6.07) is 1.73. The normalized spacial score (nSPS) is 24.2. The highest BCUT2D eigenvalue weighted by Crippen LogP contribution is 2.26. The van der Waals surface area contributed by atoms with Gasteiger partial charge in [0.1, 0.15) is 5.82 Å². The number of rotatable bonds is 4. The molecule has 2 fully saturated rings. The molecule has 4 rings (SSSR count). The number of nitrogens with zero attached hydrogens (tertiary/aromatic N) is 5. The van der Waals surface area contributed by atoms with Gasteiger partial charge < -0.3 is 9.80 Å². The van der Waals surface area contributed by atoms with Gasteiger partial charge in [-0.3, -0.25) is 19.1 Å². The lowest BCUT2D eigenvalue weighted by atomic mass is 9.94. The van der Waals surface area contributed by atoms with Gasteiger partial charge in [0, 0.05) is 64.2 Å². The van der Waals surface area contributed by atoms with Crippen molar-refractivity contribution in [3.05, 3.63) is 27.9 Å². The number of aryl methyl sites for hydroxylation is 1. The van der Waals surface area contributed by atoms with E-state index in [1.54, 1.807) is 6.07 Å². The molecule has 0 spiro atoms. The fourth-order valence-electron chi connectivity index (χ4n) is 4.94. The van der Waals surface area contributed by atoms with Gasteiger partial charge in [0.2, 0.25) is 5.91 Å². The van der Waals surface area contributed by atoms with Crippen LogP contribution in [0.15, 0.2) is 10.9 Å². The fraction of sp³-hybridized carbons (Fsp3) is 0.773. The molecule has 0 aliphatic carbocycles. The molecule has 160 valence electrons. The van der Waals surface area contributed by atoms with Crippen LogP contribution >= 0.6 is 0 Å². The van der Waals surface area contributed by atoms with E-state index < -0.39 is 0 Å². The molecule has 0 radical (unpaired) electrons. The smallest absolute Gasteiger partial charge is 0.253 e. The van der Waals surface area contributed by atoms with Crippen molar-refractivity contribution in [1.82, 2.24) is 24.3 Å². The molecule has 0 saturated carbocycles. The molecular formula is C22H35N5O2. The SMILES string of the molecule is CCN1CCN(CC(=O)N2CCC[C@H](c3cc(=O)n4c(n3)CCCCC4)C2)CC1. The zero-order chi connectivity index (χ0) is 20.2. The number of piperazine rings is 1. The minimum absolute atomic E-state index is 0.0872. The minimum Gasteiger partial charge on any atom is -0.341 e. The molecule has 0 N–H and O–H groups in total. The monoisotopic (exact) mass is 401 g/mol. The van der Waals surface area contributed by atoms with Crippen LogP contribution in [0.1, 0.15) is 56.5 Å². The van der Waals surface area contributed by atoms with E-state index in [0.717, 1.165) is 95.9 Å². The first-order chi connectivity index (χ1) is 14.1. The minimum atomic E-state index is 0.0872. The largest absolute Gasteiger partial charge is 0.341 e. The molecule has 1 aromatic rings. The van der Waals surface area contributed by atoms with Gasteiger partial charge in [-0.05, 0) is 32.2 Å². The van der Waals surface area contributed by atoms with Gasteiger partial charge in [-0.15, -0.1) is 0 Å². The van der Waals surface area contributed by atoms with Gasteiger partial charge in [0.25, 0.3) is 5.56 Å². The molecule has 2 saturated heterocycles. The maximum Gasteiger partial charge on any atom is 0.253 e. The van der Waals surface area contributed by atoms with Crippen molar-refractivity contribution in [3.63, 3.8) is 0 Å². The lowest BCUT2D eigenvalue weighted by Crippen LogP contribution is -2.51. The first kappa shape index (κ1) is 20.5. The molecule has 1 aromatic heterocycles. The van der Waals surface area contributed by atoms with Gasteiger partial charge in [-0.1, -0.05) is 13.3 Å². The zero-order valence-corrected chi connectivity index (χ0v) is 17.8. The lowest BCUT2D eigenvalue weighted by molar-refractivity contribution is -0.134. The summed E-state index contributed by atoms with van der Waals surface area (Å²) in [5, 5.41) is 0. The second-order valence-corrected chi connectivity index (χ2v) is 8.79. The molecule has 0 bridgehead atoms. The maximum absolute atomic E-state index is 12.9. The van der Waals surface area contributed by atoms with Crippen molar-refractivity contribution in [1.29, 1.82) is 0 Å². The average molecular weight is 402 g/mol. The van der Waals surface area contributed by atoms with Crippen LogP contribution in [0.5, 0.6) is 0 Å². The summed E-state index contributed by atoms with van der Waals surface area (Å²) in [5.41, 5.74) is 0.987. The number of amides is 1. The van der Waals surface area contributed by atoms with E-state index >= 15 is 0 Å². The third kappa shape index (κ3) is 4.89. The Morgan fingerprint density at radius 3 is 2.62 bits per heavy atom. The summed E-state index contributed by atoms with van der Waals surface area (Å²) in [7, 11) is 0. The van der Waals surface area contributed by atoms with E-state index in [2.05, 4.69) is 16.7 Å². The van der Waals surface area contributed by atoms with Gasteiger partial charge in [0.15, 0.2) is 0 Å². The molecule has 29 heavy (non-hydrogen) atoms. The van der Waals surface area contributed by atoms with E-state index in [-0.39, 0.29) is 17.4 Å². The maximum atomic E-state index is 12.9. The van der Waals surface area contributed by atoms with Crippen LogP contribution in [0.3, 0.4) is 0 Å². The van der Waals surface area contributed by atoms with Crippen molar-refractivity contribution in [2.45, 2.75) is 57.9 Å². The van der Waals surface area contributed by atoms with Crippen LogP contribution in [-0.2, 0) is 17.8 Å². The summed E-state index contributed by atoms with van der Waals surface area (Å²) in [4.78, 5) is 37.2. The highest BCUT2D eigenvalue weighted by atomic mass is 16.2. The number of aromatic nitrogens is 2. The lowest BCUT2D eigenvalue weighted by Gasteiger charge is -2.37. The highest BCUT2D eigenvalue weighted by Gasteiger charge is 2.28. The van der Waals surface area contributed by atoms with Crippen molar-refractivity contribution in [2.75, 3.05) is 52.4 Å². The third-order valence-electron chi connectivity index (χ3n) is 6.85. The second kappa shape index (κ2) is 9.39. The van der Waals surface area contributed by atoms with E-state index in [1.165, 1.54) is 0 Å². The van der Waals surface area contributed by atoms with Crippen molar-refractivity contribution in [2.24, 2.45) is 0 Å². The molecule has 7 heteroatoms. The van der Waals surface area contributed by atoms with Crippen molar-refractivity contribution >= 4 is 5.91 Å². The Kier molecular flexibility index (Phi) is 6.65. The number of carbonyl (C=O) groups excluding carboxylic acids is 1. The summed E-state index contributed by atoms with van der Waals surface area (Å²) in [5.74, 6) is 1.36. The Balaban J connectivity index is 1.39. The highest BCUT2D eigenvalue weighted by molar-refractivity contribution is 5.78. The number of likely N-dealkylation sites (tertiary alicyclic amines) is 1. The van der Waals surface area contributed by atoms with Gasteiger partial charge in [0.05, 0.1) is 12.2 Å². The molecular weight excluding hydrogens is 366 g/mol. The number of piperidine rings is 1. The van der Waals surface area contributed by atoms with Crippen molar-refractivity contribution < 1.29 is 4.79 Å². The second-order valence-electron chi connectivity index (χ2n) is 8.79. The summed E-state index contributed by atoms with van der Waals surface area (Å²) in [6.45, 7) is 10.2. The number of hydrogen-bond donors (Lipinski definition) is 0. The molecule has 1 atom stereocenters. The average Bonchev–Trinajstić information content (AvgIpc) is 3.00. The Morgan fingerprint density at radius 1 is 1.03 bits per heavy atom. The van der Waals surface area contributed by atoms with Crippen LogP contribution < -0.4 is 5.56 Å². The number of carbonyl (C=O) groups is 1. The van der Waals surface area contributed by atoms with Gasteiger partial charge in [-0.25, -0.2) is 4.98 Å². The first-order valence-electron chi connectivity index (χ1n) is 11.5. The molecule has 0 aromatic carbocycles. The quantitative estimate of drug-likeness (QED) is 0.761. The molecule has 1 amide bonds. The van der Waals surface area contributed by atoms with Gasteiger partial charge >= 0.3 is 0 Å². The van der Waals surface area contributed by atoms with Crippen molar-refractivity contribution in [3.8, 4) is 0 Å². The predicted molar refractivity (Wildman–Crippen MR) is 113 cm³/mol. The van der Waals surface area contributed by atoms with E-state index in [9.17, 15) is 9.59 Å². The summed E-state index contributed by atoms with van der Waals surface area (Å²) in [6.07, 6.45) is 6.22. The van der Waals surface area contributed by atoms with E-state index in [4.69, 9.17) is 4.98 Å². The van der Waals surface area contributed by atoms with Crippen LogP contribution in [-0.4, -0.2) is 82.5 Å². The summed E-state index contributed by atoms with van der Waals surface area (Å²) >= 11 is 0. The molecule has 7 nitrogen and oxygen atoms in total. The molecule has 4 heterocycles. The van der Waals surface area contributed by atoms with Crippen LogP contribution in [0.2, 0.25) is 0 Å². The first-order valence-corrected chi connectivity index (χ1v) is 11.5. The third-order valence-corrected chi connectivity index (χ3v) is 6.85. The van der Waals surface area contributed by atoms with E-state index in [0.29, 0.717) is 13.1 Å². The Hall–Kier alpha value is -1.73. The fourth-order valence-corrected chi connectivity index (χ4v) is 4.94. The molecule has 0 unspecified atom stereocenters. The standard InChI is InChI=1S/C22H35N5O2/c1-2-24-11-13-25(14-12-24)17-22(29)26-9-6-7-18(16-26)19-15-21(28)27-10-5-3-4-8-20(27)23-19/h15,18H,2-14,16-17H2,1H3/t18-/m0/s1. The Labute approximate surface area is 173 Å². The topological polar surface area (TPSA) is 61.7 Å². The van der Waals surface area contributed by atoms with Gasteiger partial charge in [-0.2, -0.15) is 0 Å². The predicted octanol–water partition coefficient (Wildman–Crippen LogP) is 1.31. The molecule has 3 aliphatic rings. The number of fused-ring (bicyclic) bond motifs is 1.